The standard InChI is InChI=1S/C23H30N4O3/c1-25(2)22(29)16-19-10-6-7-11-20(19)24-23(30)27-14-12-26(13-15-27)17-21(28)18-8-4-3-5-9-18/h3-11,21,28H,12-17H2,1-2H3,(H,24,30). The number of para-hydroxylation sites is 1. The first-order valence-electron chi connectivity index (χ1n) is 10.2. The van der Waals surface area contributed by atoms with E-state index < -0.39 is 6.10 Å². The number of carbonyl (C=O) groups excluding carboxylic acids is 2. The number of aliphatic hydroxyl groups excluding tert-OH is 1. The van der Waals surface area contributed by atoms with Crippen LogP contribution in [0.1, 0.15) is 17.2 Å². The maximum absolute atomic E-state index is 12.7. The summed E-state index contributed by atoms with van der Waals surface area (Å²) in [4.78, 5) is 30.3. The average molecular weight is 411 g/mol. The van der Waals surface area contributed by atoms with E-state index in [2.05, 4.69) is 10.2 Å². The Morgan fingerprint density at radius 1 is 1.00 bits per heavy atom. The van der Waals surface area contributed by atoms with Crippen LogP contribution in [-0.4, -0.2) is 78.6 Å². The van der Waals surface area contributed by atoms with Gasteiger partial charge in [-0.25, -0.2) is 4.79 Å². The van der Waals surface area contributed by atoms with Crippen LogP contribution in [0.4, 0.5) is 10.5 Å². The molecule has 1 saturated heterocycles. The van der Waals surface area contributed by atoms with Crippen LogP contribution in [0.2, 0.25) is 0 Å². The number of benzene rings is 2. The highest BCUT2D eigenvalue weighted by atomic mass is 16.3. The number of amides is 3. The van der Waals surface area contributed by atoms with Gasteiger partial charge < -0.3 is 20.2 Å². The monoisotopic (exact) mass is 410 g/mol. The van der Waals surface area contributed by atoms with E-state index in [1.165, 1.54) is 0 Å². The minimum Gasteiger partial charge on any atom is -0.387 e. The normalized spacial score (nSPS) is 15.5. The molecule has 2 aromatic rings. The first kappa shape index (κ1) is 21.8. The van der Waals surface area contributed by atoms with Gasteiger partial charge in [0.1, 0.15) is 0 Å². The fraction of sp³-hybridized carbons (Fsp3) is 0.391. The average Bonchev–Trinajstić information content (AvgIpc) is 2.76. The van der Waals surface area contributed by atoms with Crippen LogP contribution in [0.5, 0.6) is 0 Å². The van der Waals surface area contributed by atoms with Crippen LogP contribution in [0, 0.1) is 0 Å². The van der Waals surface area contributed by atoms with Crippen molar-refractivity contribution >= 4 is 17.6 Å². The lowest BCUT2D eigenvalue weighted by Crippen LogP contribution is -2.50. The molecule has 0 saturated carbocycles. The lowest BCUT2D eigenvalue weighted by atomic mass is 10.1. The zero-order chi connectivity index (χ0) is 21.5. The third-order valence-electron chi connectivity index (χ3n) is 5.37. The number of β-amino-alcohol motifs (C(OH)–C–C–N with tert-alkyl or cyclic N) is 1. The number of likely N-dealkylation sites (N-methyl/N-ethyl adjacent to an activating group) is 1. The van der Waals surface area contributed by atoms with E-state index in [9.17, 15) is 14.7 Å². The fourth-order valence-corrected chi connectivity index (χ4v) is 3.47. The quantitative estimate of drug-likeness (QED) is 0.766. The Hall–Kier alpha value is -2.90. The van der Waals surface area contributed by atoms with Gasteiger partial charge in [-0.2, -0.15) is 0 Å². The first-order chi connectivity index (χ1) is 14.4. The first-order valence-corrected chi connectivity index (χ1v) is 10.2. The summed E-state index contributed by atoms with van der Waals surface area (Å²) in [5.74, 6) is -0.0118. The summed E-state index contributed by atoms with van der Waals surface area (Å²) in [7, 11) is 3.44. The van der Waals surface area contributed by atoms with Gasteiger partial charge in [-0.3, -0.25) is 9.69 Å². The number of rotatable bonds is 6. The van der Waals surface area contributed by atoms with Crippen molar-refractivity contribution in [2.75, 3.05) is 52.1 Å². The molecule has 7 heteroatoms. The van der Waals surface area contributed by atoms with Gasteiger partial charge in [0.2, 0.25) is 5.91 Å². The molecular formula is C23H30N4O3. The van der Waals surface area contributed by atoms with Gasteiger partial charge in [0.15, 0.2) is 0 Å². The molecular weight excluding hydrogens is 380 g/mol. The number of hydrogen-bond donors (Lipinski definition) is 2. The zero-order valence-electron chi connectivity index (χ0n) is 17.6. The van der Waals surface area contributed by atoms with Crippen molar-refractivity contribution in [2.45, 2.75) is 12.5 Å². The minimum atomic E-state index is -0.535. The van der Waals surface area contributed by atoms with Gasteiger partial charge in [-0.05, 0) is 17.2 Å². The summed E-state index contributed by atoms with van der Waals surface area (Å²) in [5, 5.41) is 13.4. The summed E-state index contributed by atoms with van der Waals surface area (Å²) < 4.78 is 0. The lowest BCUT2D eigenvalue weighted by Gasteiger charge is -2.35. The molecule has 1 aliphatic rings. The number of urea groups is 1. The predicted octanol–water partition coefficient (Wildman–Crippen LogP) is 2.20. The van der Waals surface area contributed by atoms with Gasteiger partial charge in [-0.1, -0.05) is 48.5 Å². The molecule has 3 rings (SSSR count). The van der Waals surface area contributed by atoms with Gasteiger partial charge in [0, 0.05) is 52.5 Å². The molecule has 0 radical (unpaired) electrons. The van der Waals surface area contributed by atoms with Crippen LogP contribution >= 0.6 is 0 Å². The maximum Gasteiger partial charge on any atom is 0.321 e. The Balaban J connectivity index is 1.52. The number of anilines is 1. The molecule has 30 heavy (non-hydrogen) atoms. The number of aliphatic hydroxyl groups is 1. The Kier molecular flexibility index (Phi) is 7.43. The van der Waals surface area contributed by atoms with Crippen molar-refractivity contribution in [1.82, 2.24) is 14.7 Å². The summed E-state index contributed by atoms with van der Waals surface area (Å²) >= 11 is 0. The SMILES string of the molecule is CN(C)C(=O)Cc1ccccc1NC(=O)N1CCN(CC(O)c2ccccc2)CC1. The van der Waals surface area contributed by atoms with E-state index in [1.54, 1.807) is 23.9 Å². The lowest BCUT2D eigenvalue weighted by molar-refractivity contribution is -0.127. The Morgan fingerprint density at radius 2 is 1.63 bits per heavy atom. The van der Waals surface area contributed by atoms with Gasteiger partial charge in [-0.15, -0.1) is 0 Å². The number of nitrogens with zero attached hydrogens (tertiary/aromatic N) is 3. The summed E-state index contributed by atoms with van der Waals surface area (Å²) in [6, 6.07) is 16.9. The molecule has 0 spiro atoms. The number of piperazine rings is 1. The van der Waals surface area contributed by atoms with E-state index in [0.717, 1.165) is 11.1 Å². The van der Waals surface area contributed by atoms with Crippen molar-refractivity contribution in [3.63, 3.8) is 0 Å². The second-order valence-corrected chi connectivity index (χ2v) is 7.77. The summed E-state index contributed by atoms with van der Waals surface area (Å²) in [6.07, 6.45) is -0.290. The highest BCUT2D eigenvalue weighted by Gasteiger charge is 2.23. The van der Waals surface area contributed by atoms with Crippen LogP contribution in [0.3, 0.4) is 0 Å². The topological polar surface area (TPSA) is 76.1 Å². The van der Waals surface area contributed by atoms with Crippen molar-refractivity contribution in [2.24, 2.45) is 0 Å². The summed E-state index contributed by atoms with van der Waals surface area (Å²) in [6.45, 7) is 3.14. The molecule has 0 bridgehead atoms. The minimum absolute atomic E-state index is 0.0118. The third kappa shape index (κ3) is 5.81. The van der Waals surface area contributed by atoms with Gasteiger partial charge in [0.05, 0.1) is 12.5 Å². The molecule has 0 aromatic heterocycles. The molecule has 2 aromatic carbocycles. The molecule has 2 N–H and O–H groups in total. The van der Waals surface area contributed by atoms with E-state index in [-0.39, 0.29) is 18.4 Å². The number of nitrogens with one attached hydrogen (secondary N) is 1. The molecule has 1 aliphatic heterocycles. The van der Waals surface area contributed by atoms with Gasteiger partial charge in [0.25, 0.3) is 0 Å². The number of hydrogen-bond acceptors (Lipinski definition) is 4. The zero-order valence-corrected chi connectivity index (χ0v) is 17.6. The van der Waals surface area contributed by atoms with Gasteiger partial charge >= 0.3 is 6.03 Å². The largest absolute Gasteiger partial charge is 0.387 e. The Labute approximate surface area is 177 Å². The van der Waals surface area contributed by atoms with E-state index >= 15 is 0 Å². The van der Waals surface area contributed by atoms with E-state index in [0.29, 0.717) is 38.4 Å². The second-order valence-electron chi connectivity index (χ2n) is 7.77. The van der Waals surface area contributed by atoms with E-state index in [4.69, 9.17) is 0 Å². The predicted molar refractivity (Wildman–Crippen MR) is 117 cm³/mol. The molecule has 1 fully saturated rings. The highest BCUT2D eigenvalue weighted by molar-refractivity contribution is 5.91. The Morgan fingerprint density at radius 3 is 2.30 bits per heavy atom. The fourth-order valence-electron chi connectivity index (χ4n) is 3.47. The maximum atomic E-state index is 12.7. The molecule has 1 atom stereocenters. The number of carbonyl (C=O) groups is 2. The van der Waals surface area contributed by atoms with Crippen molar-refractivity contribution < 1.29 is 14.7 Å². The molecule has 1 unspecified atom stereocenters. The molecule has 1 heterocycles. The van der Waals surface area contributed by atoms with Crippen LogP contribution in [0.25, 0.3) is 0 Å². The van der Waals surface area contributed by atoms with E-state index in [1.807, 2.05) is 54.6 Å². The summed E-state index contributed by atoms with van der Waals surface area (Å²) in [5.41, 5.74) is 2.37. The molecule has 7 nitrogen and oxygen atoms in total. The van der Waals surface area contributed by atoms with Crippen LogP contribution in [0.15, 0.2) is 54.6 Å². The Bertz CT molecular complexity index is 849. The third-order valence-corrected chi connectivity index (χ3v) is 5.37. The molecule has 0 aliphatic carbocycles. The van der Waals surface area contributed by atoms with Crippen molar-refractivity contribution in [3.05, 3.63) is 65.7 Å². The second kappa shape index (κ2) is 10.2. The van der Waals surface area contributed by atoms with Crippen LogP contribution < -0.4 is 5.32 Å². The van der Waals surface area contributed by atoms with Crippen LogP contribution in [-0.2, 0) is 11.2 Å². The highest BCUT2D eigenvalue weighted by Crippen LogP contribution is 2.18. The molecule has 160 valence electrons. The molecule has 3 amide bonds. The van der Waals surface area contributed by atoms with Crippen molar-refractivity contribution in [1.29, 1.82) is 0 Å². The van der Waals surface area contributed by atoms with Crippen molar-refractivity contribution in [3.8, 4) is 0 Å². The smallest absolute Gasteiger partial charge is 0.321 e.